The molecular formula is C26H40N2OSi. The summed E-state index contributed by atoms with van der Waals surface area (Å²) >= 11 is 0. The first-order valence-corrected chi connectivity index (χ1v) is 14.4. The van der Waals surface area contributed by atoms with Crippen molar-refractivity contribution >= 4 is 8.32 Å². The van der Waals surface area contributed by atoms with Crippen LogP contribution in [0.25, 0.3) is 0 Å². The van der Waals surface area contributed by atoms with Gasteiger partial charge in [-0.15, -0.1) is 0 Å². The third-order valence-electron chi connectivity index (χ3n) is 7.18. The summed E-state index contributed by atoms with van der Waals surface area (Å²) in [5.41, 5.74) is 9.42. The Morgan fingerprint density at radius 3 is 2.10 bits per heavy atom. The van der Waals surface area contributed by atoms with Gasteiger partial charge in [0.25, 0.3) is 0 Å². The maximum absolute atomic E-state index is 6.85. The van der Waals surface area contributed by atoms with Gasteiger partial charge in [-0.05, 0) is 48.6 Å². The van der Waals surface area contributed by atoms with Crippen molar-refractivity contribution in [2.24, 2.45) is 5.73 Å². The Balaban J connectivity index is 1.89. The van der Waals surface area contributed by atoms with Crippen LogP contribution in [-0.4, -0.2) is 32.4 Å². The Bertz CT molecular complexity index is 773. The van der Waals surface area contributed by atoms with Gasteiger partial charge in [0.2, 0.25) is 0 Å². The third kappa shape index (κ3) is 5.41. The van der Waals surface area contributed by atoms with Gasteiger partial charge >= 0.3 is 0 Å². The normalized spacial score (nSPS) is 20.7. The van der Waals surface area contributed by atoms with E-state index in [4.69, 9.17) is 10.2 Å². The van der Waals surface area contributed by atoms with E-state index in [-0.39, 0.29) is 17.1 Å². The van der Waals surface area contributed by atoms with Gasteiger partial charge in [0.15, 0.2) is 8.32 Å². The summed E-state index contributed by atoms with van der Waals surface area (Å²) in [5, 5.41) is 0.204. The van der Waals surface area contributed by atoms with E-state index in [1.165, 1.54) is 24.0 Å². The summed E-state index contributed by atoms with van der Waals surface area (Å²) in [7, 11) is -1.84. The first-order chi connectivity index (χ1) is 14.2. The lowest BCUT2D eigenvalue weighted by atomic mass is 9.89. The fourth-order valence-electron chi connectivity index (χ4n) is 4.21. The molecule has 1 heterocycles. The zero-order valence-electron chi connectivity index (χ0n) is 19.5. The lowest BCUT2D eigenvalue weighted by Crippen LogP contribution is -2.50. The summed E-state index contributed by atoms with van der Waals surface area (Å²) in [6, 6.07) is 22.1. The topological polar surface area (TPSA) is 38.5 Å². The Morgan fingerprint density at radius 2 is 1.53 bits per heavy atom. The Hall–Kier alpha value is -1.46. The summed E-state index contributed by atoms with van der Waals surface area (Å²) in [6.07, 6.45) is 3.60. The fraction of sp³-hybridized carbons (Fsp3) is 0.538. The van der Waals surface area contributed by atoms with E-state index < -0.39 is 8.32 Å². The molecule has 3 atom stereocenters. The molecule has 0 radical (unpaired) electrons. The van der Waals surface area contributed by atoms with Crippen LogP contribution in [0.4, 0.5) is 0 Å². The number of rotatable bonds is 7. The van der Waals surface area contributed by atoms with Gasteiger partial charge in [-0.2, -0.15) is 0 Å². The van der Waals surface area contributed by atoms with Crippen molar-refractivity contribution in [2.45, 2.75) is 76.3 Å². The average Bonchev–Trinajstić information content (AvgIpc) is 2.74. The van der Waals surface area contributed by atoms with Crippen LogP contribution in [0.5, 0.6) is 0 Å². The van der Waals surface area contributed by atoms with E-state index in [9.17, 15) is 0 Å². The largest absolute Gasteiger partial charge is 0.415 e. The molecule has 164 valence electrons. The van der Waals surface area contributed by atoms with Crippen LogP contribution in [0.2, 0.25) is 18.1 Å². The molecule has 3 rings (SSSR count). The van der Waals surface area contributed by atoms with Gasteiger partial charge in [-0.3, -0.25) is 4.90 Å². The molecule has 1 saturated heterocycles. The van der Waals surface area contributed by atoms with Crippen LogP contribution in [0.15, 0.2) is 60.7 Å². The number of hydrogen-bond acceptors (Lipinski definition) is 3. The monoisotopic (exact) mass is 424 g/mol. The standard InChI is InChI=1S/C26H40N2OSi/c1-26(2,3)30(4,5)29-20-24(21-14-8-6-9-15-21)28-19-13-12-18-23(28)25(27)22-16-10-7-11-17-22/h6-11,14-17,23-25H,12-13,18-20,27H2,1-5H3/t23-,24-,25-/m0/s1. The fourth-order valence-corrected chi connectivity index (χ4v) is 5.22. The van der Waals surface area contributed by atoms with Crippen LogP contribution >= 0.6 is 0 Å². The molecule has 0 aromatic heterocycles. The van der Waals surface area contributed by atoms with Crippen LogP contribution in [0, 0.1) is 0 Å². The minimum Gasteiger partial charge on any atom is -0.415 e. The SMILES string of the molecule is CC(C)(C)[Si](C)(C)OC[C@@H](c1ccccc1)N1CCCC[C@H]1[C@@H](N)c1ccccc1. The Labute approximate surface area is 184 Å². The molecule has 0 aliphatic carbocycles. The maximum Gasteiger partial charge on any atom is 0.192 e. The molecule has 0 unspecified atom stereocenters. The number of nitrogens with two attached hydrogens (primary N) is 1. The second-order valence-electron chi connectivity index (χ2n) is 10.2. The summed E-state index contributed by atoms with van der Waals surface area (Å²) in [5.74, 6) is 0. The average molecular weight is 425 g/mol. The molecular weight excluding hydrogens is 384 g/mol. The number of benzene rings is 2. The minimum atomic E-state index is -1.84. The van der Waals surface area contributed by atoms with E-state index in [0.29, 0.717) is 6.04 Å². The Morgan fingerprint density at radius 1 is 0.967 bits per heavy atom. The molecule has 4 heteroatoms. The van der Waals surface area contributed by atoms with Gasteiger partial charge in [0.05, 0.1) is 12.6 Å². The summed E-state index contributed by atoms with van der Waals surface area (Å²) in [4.78, 5) is 2.64. The molecule has 0 saturated carbocycles. The number of nitrogens with zero attached hydrogens (tertiary/aromatic N) is 1. The van der Waals surface area contributed by atoms with Crippen LogP contribution in [0.1, 0.15) is 63.2 Å². The van der Waals surface area contributed by atoms with Crippen molar-refractivity contribution in [3.63, 3.8) is 0 Å². The van der Waals surface area contributed by atoms with Gasteiger partial charge < -0.3 is 10.2 Å². The van der Waals surface area contributed by atoms with Crippen molar-refractivity contribution in [3.8, 4) is 0 Å². The van der Waals surface area contributed by atoms with Crippen molar-refractivity contribution in [1.82, 2.24) is 4.90 Å². The number of hydrogen-bond donors (Lipinski definition) is 1. The molecule has 2 N–H and O–H groups in total. The van der Waals surface area contributed by atoms with Crippen LogP contribution in [0.3, 0.4) is 0 Å². The number of likely N-dealkylation sites (tertiary alicyclic amines) is 1. The third-order valence-corrected chi connectivity index (χ3v) is 11.7. The zero-order valence-corrected chi connectivity index (χ0v) is 20.5. The smallest absolute Gasteiger partial charge is 0.192 e. The molecule has 30 heavy (non-hydrogen) atoms. The van der Waals surface area contributed by atoms with E-state index in [1.807, 2.05) is 0 Å². The van der Waals surface area contributed by atoms with Gasteiger partial charge in [-0.1, -0.05) is 87.9 Å². The molecule has 1 aliphatic heterocycles. The molecule has 1 fully saturated rings. The van der Waals surface area contributed by atoms with Crippen LogP contribution in [-0.2, 0) is 4.43 Å². The lowest BCUT2D eigenvalue weighted by Gasteiger charge is -2.45. The van der Waals surface area contributed by atoms with Gasteiger partial charge in [-0.25, -0.2) is 0 Å². The van der Waals surface area contributed by atoms with Crippen LogP contribution < -0.4 is 5.73 Å². The number of piperidine rings is 1. The quantitative estimate of drug-likeness (QED) is 0.530. The molecule has 2 aromatic carbocycles. The first-order valence-electron chi connectivity index (χ1n) is 11.5. The molecule has 0 spiro atoms. The Kier molecular flexibility index (Phi) is 7.56. The lowest BCUT2D eigenvalue weighted by molar-refractivity contribution is 0.0469. The highest BCUT2D eigenvalue weighted by Gasteiger charge is 2.40. The highest BCUT2D eigenvalue weighted by molar-refractivity contribution is 6.74. The maximum atomic E-state index is 6.85. The summed E-state index contributed by atoms with van der Waals surface area (Å²) < 4.78 is 6.75. The van der Waals surface area contributed by atoms with Crippen molar-refractivity contribution in [3.05, 3.63) is 71.8 Å². The highest BCUT2D eigenvalue weighted by Crippen LogP contribution is 2.39. The highest BCUT2D eigenvalue weighted by atomic mass is 28.4. The van der Waals surface area contributed by atoms with E-state index in [0.717, 1.165) is 19.6 Å². The van der Waals surface area contributed by atoms with E-state index >= 15 is 0 Å². The predicted octanol–water partition coefficient (Wildman–Crippen LogP) is 6.30. The minimum absolute atomic E-state index is 0.0191. The van der Waals surface area contributed by atoms with Crippen molar-refractivity contribution in [1.29, 1.82) is 0 Å². The molecule has 0 bridgehead atoms. The second kappa shape index (κ2) is 9.78. The molecule has 0 amide bonds. The van der Waals surface area contributed by atoms with E-state index in [2.05, 4.69) is 99.4 Å². The van der Waals surface area contributed by atoms with E-state index in [1.54, 1.807) is 0 Å². The first kappa shape index (κ1) is 23.2. The second-order valence-corrected chi connectivity index (χ2v) is 15.0. The molecule has 2 aromatic rings. The van der Waals surface area contributed by atoms with Crippen molar-refractivity contribution in [2.75, 3.05) is 13.2 Å². The van der Waals surface area contributed by atoms with Gasteiger partial charge in [0, 0.05) is 12.1 Å². The zero-order chi connectivity index (χ0) is 21.8. The predicted molar refractivity (Wildman–Crippen MR) is 130 cm³/mol. The molecule has 1 aliphatic rings. The van der Waals surface area contributed by atoms with Crippen molar-refractivity contribution < 1.29 is 4.43 Å². The summed E-state index contributed by atoms with van der Waals surface area (Å²) in [6.45, 7) is 13.4. The molecule has 3 nitrogen and oxygen atoms in total. The van der Waals surface area contributed by atoms with Gasteiger partial charge in [0.1, 0.15) is 0 Å².